The van der Waals surface area contributed by atoms with Crippen LogP contribution in [-0.4, -0.2) is 42.9 Å². The fourth-order valence-electron chi connectivity index (χ4n) is 1.07. The number of esters is 2. The summed E-state index contributed by atoms with van der Waals surface area (Å²) in [7, 11) is 0. The Bertz CT molecular complexity index is 395. The number of amides is 1. The maximum atomic E-state index is 11.3. The molecule has 0 aliphatic heterocycles. The van der Waals surface area contributed by atoms with Crippen LogP contribution in [0.5, 0.6) is 0 Å². The van der Waals surface area contributed by atoms with Gasteiger partial charge in [-0.15, -0.1) is 0 Å². The Balaban J connectivity index is 3.83. The molecule has 0 heterocycles. The molecule has 0 saturated heterocycles. The normalized spacial score (nSPS) is 11.3. The molecule has 0 aromatic rings. The van der Waals surface area contributed by atoms with Crippen LogP contribution in [0.3, 0.4) is 0 Å². The summed E-state index contributed by atoms with van der Waals surface area (Å²) in [6.45, 7) is 8.72. The van der Waals surface area contributed by atoms with E-state index in [0.717, 1.165) is 12.2 Å². The Kier molecular flexibility index (Phi) is 8.11. The van der Waals surface area contributed by atoms with Crippen molar-refractivity contribution in [1.82, 2.24) is 5.32 Å². The van der Waals surface area contributed by atoms with E-state index in [0.29, 0.717) is 0 Å². The molecule has 0 saturated carbocycles. The molecular formula is C14H23NO6. The lowest BCUT2D eigenvalue weighted by Gasteiger charge is -2.19. The molecule has 0 aromatic carbocycles. The van der Waals surface area contributed by atoms with Crippen molar-refractivity contribution in [3.8, 4) is 0 Å². The zero-order chi connectivity index (χ0) is 16.5. The molecule has 1 amide bonds. The van der Waals surface area contributed by atoms with Gasteiger partial charge in [0.25, 0.3) is 0 Å². The lowest BCUT2D eigenvalue weighted by molar-refractivity contribution is -0.142. The largest absolute Gasteiger partial charge is 0.461 e. The number of alkyl carbamates (subject to hydrolysis) is 1. The third-order valence-electron chi connectivity index (χ3n) is 1.72. The van der Waals surface area contributed by atoms with Crippen molar-refractivity contribution in [1.29, 1.82) is 0 Å². The fraction of sp³-hybridized carbons (Fsp3) is 0.643. The maximum absolute atomic E-state index is 11.3. The van der Waals surface area contributed by atoms with E-state index >= 15 is 0 Å². The second kappa shape index (κ2) is 8.99. The summed E-state index contributed by atoms with van der Waals surface area (Å²) in [5, 5.41) is 2.43. The van der Waals surface area contributed by atoms with Gasteiger partial charge in [0.2, 0.25) is 0 Å². The van der Waals surface area contributed by atoms with Gasteiger partial charge >= 0.3 is 18.0 Å². The second-order valence-electron chi connectivity index (χ2n) is 5.42. The molecule has 0 radical (unpaired) electrons. The average molecular weight is 301 g/mol. The molecule has 7 heteroatoms. The first-order valence-corrected chi connectivity index (χ1v) is 6.62. The van der Waals surface area contributed by atoms with Crippen molar-refractivity contribution < 1.29 is 28.6 Å². The fourth-order valence-corrected chi connectivity index (χ4v) is 1.07. The van der Waals surface area contributed by atoms with Crippen molar-refractivity contribution in [2.45, 2.75) is 46.3 Å². The van der Waals surface area contributed by atoms with Gasteiger partial charge in [-0.2, -0.15) is 0 Å². The summed E-state index contributed by atoms with van der Waals surface area (Å²) in [6, 6.07) is 0. The lowest BCUT2D eigenvalue weighted by Crippen LogP contribution is -2.34. The van der Waals surface area contributed by atoms with E-state index in [1.807, 2.05) is 0 Å². The standard InChI is InChI=1S/C14H23NO6/c1-10(2)20-12(17)7-6-11(16)19-9-8-15-13(18)21-14(3,4)5/h6-7,10H,8-9H2,1-5H3,(H,15,18)/b7-6+. The summed E-state index contributed by atoms with van der Waals surface area (Å²) in [5.41, 5.74) is -0.583. The number of rotatable bonds is 6. The van der Waals surface area contributed by atoms with Crippen LogP contribution in [0.1, 0.15) is 34.6 Å². The average Bonchev–Trinajstić information content (AvgIpc) is 2.29. The van der Waals surface area contributed by atoms with Crippen LogP contribution in [0.25, 0.3) is 0 Å². The van der Waals surface area contributed by atoms with Gasteiger partial charge < -0.3 is 19.5 Å². The summed E-state index contributed by atoms with van der Waals surface area (Å²) < 4.78 is 14.6. The highest BCUT2D eigenvalue weighted by atomic mass is 16.6. The molecular weight excluding hydrogens is 278 g/mol. The number of carbonyl (C=O) groups excluding carboxylic acids is 3. The van der Waals surface area contributed by atoms with Crippen LogP contribution in [0.15, 0.2) is 12.2 Å². The molecule has 0 spiro atoms. The molecule has 0 aliphatic carbocycles. The third kappa shape index (κ3) is 12.7. The van der Waals surface area contributed by atoms with Crippen molar-refractivity contribution in [2.75, 3.05) is 13.2 Å². The quantitative estimate of drug-likeness (QED) is 0.346. The van der Waals surface area contributed by atoms with Gasteiger partial charge in [-0.1, -0.05) is 0 Å². The minimum atomic E-state index is -0.693. The molecule has 0 aromatic heterocycles. The monoisotopic (exact) mass is 301 g/mol. The van der Waals surface area contributed by atoms with Gasteiger partial charge in [-0.25, -0.2) is 14.4 Å². The summed E-state index contributed by atoms with van der Waals surface area (Å²) >= 11 is 0. The van der Waals surface area contributed by atoms with Gasteiger partial charge in [-0.05, 0) is 34.6 Å². The van der Waals surface area contributed by atoms with E-state index in [4.69, 9.17) is 14.2 Å². The molecule has 1 N–H and O–H groups in total. The first kappa shape index (κ1) is 18.9. The van der Waals surface area contributed by atoms with Gasteiger partial charge in [-0.3, -0.25) is 0 Å². The Morgan fingerprint density at radius 3 is 2.19 bits per heavy atom. The van der Waals surface area contributed by atoms with Gasteiger partial charge in [0, 0.05) is 12.2 Å². The van der Waals surface area contributed by atoms with Crippen molar-refractivity contribution in [3.05, 3.63) is 12.2 Å². The van der Waals surface area contributed by atoms with Crippen LogP contribution in [0.4, 0.5) is 4.79 Å². The Hall–Kier alpha value is -2.05. The second-order valence-corrected chi connectivity index (χ2v) is 5.42. The Morgan fingerprint density at radius 1 is 1.10 bits per heavy atom. The van der Waals surface area contributed by atoms with Crippen molar-refractivity contribution in [3.63, 3.8) is 0 Å². The molecule has 0 rings (SSSR count). The number of nitrogens with one attached hydrogen (secondary N) is 1. The molecule has 0 unspecified atom stereocenters. The van der Waals surface area contributed by atoms with E-state index in [1.165, 1.54) is 0 Å². The van der Waals surface area contributed by atoms with E-state index in [9.17, 15) is 14.4 Å². The minimum absolute atomic E-state index is 0.0261. The summed E-state index contributed by atoms with van der Waals surface area (Å²) in [4.78, 5) is 33.6. The van der Waals surface area contributed by atoms with E-state index in [1.54, 1.807) is 34.6 Å². The minimum Gasteiger partial charge on any atom is -0.461 e. The summed E-state index contributed by atoms with van der Waals surface area (Å²) in [6.07, 6.45) is 1.12. The van der Waals surface area contributed by atoms with E-state index < -0.39 is 23.6 Å². The summed E-state index contributed by atoms with van der Waals surface area (Å²) in [5.74, 6) is -1.31. The predicted octanol–water partition coefficient (Wildman–Crippen LogP) is 1.56. The smallest absolute Gasteiger partial charge is 0.407 e. The molecule has 0 aliphatic rings. The van der Waals surface area contributed by atoms with E-state index in [-0.39, 0.29) is 19.3 Å². The first-order valence-electron chi connectivity index (χ1n) is 6.62. The van der Waals surface area contributed by atoms with Gasteiger partial charge in [0.1, 0.15) is 12.2 Å². The van der Waals surface area contributed by atoms with Crippen molar-refractivity contribution in [2.24, 2.45) is 0 Å². The Morgan fingerprint density at radius 2 is 1.67 bits per heavy atom. The highest BCUT2D eigenvalue weighted by Gasteiger charge is 2.15. The van der Waals surface area contributed by atoms with Crippen LogP contribution < -0.4 is 5.32 Å². The highest BCUT2D eigenvalue weighted by molar-refractivity contribution is 5.91. The number of carbonyl (C=O) groups is 3. The third-order valence-corrected chi connectivity index (χ3v) is 1.72. The van der Waals surface area contributed by atoms with Crippen molar-refractivity contribution >= 4 is 18.0 Å². The Labute approximate surface area is 124 Å². The topological polar surface area (TPSA) is 90.9 Å². The number of hydrogen-bond donors (Lipinski definition) is 1. The predicted molar refractivity (Wildman–Crippen MR) is 75.6 cm³/mol. The lowest BCUT2D eigenvalue weighted by atomic mass is 10.2. The van der Waals surface area contributed by atoms with Gasteiger partial charge in [0.05, 0.1) is 12.6 Å². The number of hydrogen-bond acceptors (Lipinski definition) is 6. The first-order chi connectivity index (χ1) is 9.60. The van der Waals surface area contributed by atoms with Crippen LogP contribution in [0.2, 0.25) is 0 Å². The molecule has 21 heavy (non-hydrogen) atoms. The number of ether oxygens (including phenoxy) is 3. The molecule has 0 fully saturated rings. The molecule has 7 nitrogen and oxygen atoms in total. The van der Waals surface area contributed by atoms with Gasteiger partial charge in [0.15, 0.2) is 0 Å². The van der Waals surface area contributed by atoms with Crippen LogP contribution >= 0.6 is 0 Å². The molecule has 0 atom stereocenters. The van der Waals surface area contributed by atoms with Crippen LogP contribution in [0, 0.1) is 0 Å². The molecule has 0 bridgehead atoms. The SMILES string of the molecule is CC(C)OC(=O)/C=C/C(=O)OCCNC(=O)OC(C)(C)C. The zero-order valence-corrected chi connectivity index (χ0v) is 13.1. The molecule has 120 valence electrons. The van der Waals surface area contributed by atoms with Crippen LogP contribution in [-0.2, 0) is 23.8 Å². The zero-order valence-electron chi connectivity index (χ0n) is 13.1. The highest BCUT2D eigenvalue weighted by Crippen LogP contribution is 2.06. The maximum Gasteiger partial charge on any atom is 0.407 e. The van der Waals surface area contributed by atoms with E-state index in [2.05, 4.69) is 5.32 Å².